The van der Waals surface area contributed by atoms with Gasteiger partial charge in [-0.3, -0.25) is 0 Å². The highest BCUT2D eigenvalue weighted by atomic mass is 127. The molecule has 0 amide bonds. The molecule has 0 aromatic carbocycles. The van der Waals surface area contributed by atoms with Gasteiger partial charge in [0, 0.05) is 10.3 Å². The first-order valence-corrected chi connectivity index (χ1v) is 5.35. The number of nitriles is 1. The van der Waals surface area contributed by atoms with E-state index in [9.17, 15) is 0 Å². The summed E-state index contributed by atoms with van der Waals surface area (Å²) in [6.07, 6.45) is 4.84. The number of alkyl halides is 1. The maximum absolute atomic E-state index is 8.60. The fourth-order valence-electron chi connectivity index (χ4n) is 1.45. The van der Waals surface area contributed by atoms with Gasteiger partial charge in [-0.05, 0) is 31.6 Å². The van der Waals surface area contributed by atoms with E-state index < -0.39 is 0 Å². The Labute approximate surface area is 75.9 Å². The van der Waals surface area contributed by atoms with E-state index in [2.05, 4.69) is 28.7 Å². The van der Waals surface area contributed by atoms with Crippen molar-refractivity contribution in [1.29, 1.82) is 5.26 Å². The van der Waals surface area contributed by atoms with Crippen LogP contribution < -0.4 is 0 Å². The average molecular weight is 249 g/mol. The number of halogens is 1. The third-order valence-corrected chi connectivity index (χ3v) is 3.49. The van der Waals surface area contributed by atoms with Crippen molar-refractivity contribution in [1.82, 2.24) is 0 Å². The molecule has 1 nitrogen and oxygen atoms in total. The molecule has 1 aliphatic carbocycles. The summed E-state index contributed by atoms with van der Waals surface area (Å²) in [4.78, 5) is 0. The summed E-state index contributed by atoms with van der Waals surface area (Å²) in [6, 6.07) is 2.35. The van der Waals surface area contributed by atoms with Gasteiger partial charge in [0.15, 0.2) is 0 Å². The van der Waals surface area contributed by atoms with E-state index in [1.54, 1.807) is 0 Å². The van der Waals surface area contributed by atoms with Gasteiger partial charge in [0.25, 0.3) is 0 Å². The van der Waals surface area contributed by atoms with Crippen molar-refractivity contribution in [3.05, 3.63) is 0 Å². The van der Waals surface area contributed by atoms with Gasteiger partial charge in [-0.2, -0.15) is 5.26 Å². The van der Waals surface area contributed by atoms with Gasteiger partial charge in [-0.1, -0.05) is 22.6 Å². The third kappa shape index (κ3) is 2.12. The predicted octanol–water partition coefficient (Wildman–Crippen LogP) is 2.75. The Morgan fingerprint density at radius 2 is 1.90 bits per heavy atom. The first-order chi connectivity index (χ1) is 4.86. The molecular weight excluding hydrogens is 237 g/mol. The van der Waals surface area contributed by atoms with E-state index in [1.165, 1.54) is 17.3 Å². The number of hydrogen-bond donors (Lipinski definition) is 0. The van der Waals surface area contributed by atoms with Gasteiger partial charge in [-0.25, -0.2) is 0 Å². The monoisotopic (exact) mass is 249 g/mol. The second-order valence-electron chi connectivity index (χ2n) is 3.00. The zero-order valence-corrected chi connectivity index (χ0v) is 8.17. The van der Waals surface area contributed by atoms with Crippen LogP contribution in [0.4, 0.5) is 0 Å². The van der Waals surface area contributed by atoms with Gasteiger partial charge in [0.2, 0.25) is 0 Å². The van der Waals surface area contributed by atoms with Crippen LogP contribution in [0.3, 0.4) is 0 Å². The predicted molar refractivity (Wildman–Crippen MR) is 49.9 cm³/mol. The van der Waals surface area contributed by atoms with E-state index >= 15 is 0 Å². The Hall–Kier alpha value is 0.220. The van der Waals surface area contributed by atoms with Crippen molar-refractivity contribution < 1.29 is 0 Å². The molecule has 0 radical (unpaired) electrons. The molecule has 10 heavy (non-hydrogen) atoms. The largest absolute Gasteiger partial charge is 0.198 e. The molecule has 0 N–H and O–H groups in total. The summed E-state index contributed by atoms with van der Waals surface area (Å²) in [7, 11) is 0. The zero-order chi connectivity index (χ0) is 7.40. The van der Waals surface area contributed by atoms with Crippen LogP contribution in [0.1, 0.15) is 25.7 Å². The molecular formula is C8H12IN. The zero-order valence-electron chi connectivity index (χ0n) is 6.02. The van der Waals surface area contributed by atoms with Crippen molar-refractivity contribution in [3.8, 4) is 6.07 Å². The highest BCUT2D eigenvalue weighted by molar-refractivity contribution is 14.1. The molecule has 0 saturated heterocycles. The van der Waals surface area contributed by atoms with Crippen molar-refractivity contribution in [2.75, 3.05) is 4.43 Å². The smallest absolute Gasteiger partial charge is 0.0655 e. The lowest BCUT2D eigenvalue weighted by atomic mass is 9.84. The molecule has 1 saturated carbocycles. The maximum Gasteiger partial charge on any atom is 0.0655 e. The molecule has 1 aliphatic rings. The molecule has 2 heteroatoms. The first-order valence-electron chi connectivity index (χ1n) is 3.82. The Balaban J connectivity index is 2.25. The van der Waals surface area contributed by atoms with Gasteiger partial charge >= 0.3 is 0 Å². The number of rotatable bonds is 1. The minimum Gasteiger partial charge on any atom is -0.198 e. The fraction of sp³-hybridized carbons (Fsp3) is 0.875. The van der Waals surface area contributed by atoms with Crippen molar-refractivity contribution in [3.63, 3.8) is 0 Å². The van der Waals surface area contributed by atoms with Crippen molar-refractivity contribution in [2.45, 2.75) is 25.7 Å². The van der Waals surface area contributed by atoms with Crippen molar-refractivity contribution >= 4 is 22.6 Å². The summed E-state index contributed by atoms with van der Waals surface area (Å²) in [5.74, 6) is 1.28. The summed E-state index contributed by atoms with van der Waals surface area (Å²) < 4.78 is 1.27. The molecule has 56 valence electrons. The van der Waals surface area contributed by atoms with Crippen LogP contribution in [0.15, 0.2) is 0 Å². The second-order valence-corrected chi connectivity index (χ2v) is 3.88. The summed E-state index contributed by atoms with van der Waals surface area (Å²) in [5.41, 5.74) is 0. The van der Waals surface area contributed by atoms with E-state index in [-0.39, 0.29) is 0 Å². The lowest BCUT2D eigenvalue weighted by molar-refractivity contribution is 0.343. The van der Waals surface area contributed by atoms with E-state index in [0.717, 1.165) is 18.8 Å². The van der Waals surface area contributed by atoms with Crippen LogP contribution in [-0.2, 0) is 0 Å². The van der Waals surface area contributed by atoms with E-state index in [1.807, 2.05) is 0 Å². The molecule has 0 aliphatic heterocycles. The van der Waals surface area contributed by atoms with Crippen LogP contribution in [0, 0.1) is 23.2 Å². The summed E-state index contributed by atoms with van der Waals surface area (Å²) in [5, 5.41) is 8.60. The molecule has 0 heterocycles. The van der Waals surface area contributed by atoms with Gasteiger partial charge in [0.1, 0.15) is 0 Å². The van der Waals surface area contributed by atoms with Crippen LogP contribution in [0.5, 0.6) is 0 Å². The van der Waals surface area contributed by atoms with E-state index in [0.29, 0.717) is 5.92 Å². The van der Waals surface area contributed by atoms with Crippen molar-refractivity contribution in [2.24, 2.45) is 11.8 Å². The highest BCUT2D eigenvalue weighted by Crippen LogP contribution is 2.29. The Bertz CT molecular complexity index is 131. The topological polar surface area (TPSA) is 23.8 Å². The molecule has 0 unspecified atom stereocenters. The first kappa shape index (κ1) is 8.32. The Morgan fingerprint density at radius 3 is 2.30 bits per heavy atom. The molecule has 0 spiro atoms. The van der Waals surface area contributed by atoms with Crippen LogP contribution in [0.25, 0.3) is 0 Å². The second kappa shape index (κ2) is 4.17. The summed E-state index contributed by atoms with van der Waals surface area (Å²) in [6.45, 7) is 0. The Morgan fingerprint density at radius 1 is 1.30 bits per heavy atom. The van der Waals surface area contributed by atoms with Crippen LogP contribution in [0.2, 0.25) is 0 Å². The summed E-state index contributed by atoms with van der Waals surface area (Å²) >= 11 is 2.44. The maximum atomic E-state index is 8.60. The number of nitrogens with zero attached hydrogens (tertiary/aromatic N) is 1. The fourth-order valence-corrected chi connectivity index (χ4v) is 2.33. The quantitative estimate of drug-likeness (QED) is 0.517. The molecule has 0 bridgehead atoms. The minimum atomic E-state index is 0.374. The standard InChI is InChI=1S/C8H12IN/c9-5-7-1-3-8(6-10)4-2-7/h7-8H,1-5H2/t7-,8-. The lowest BCUT2D eigenvalue weighted by Gasteiger charge is -2.22. The average Bonchev–Trinajstić information content (AvgIpc) is 2.05. The van der Waals surface area contributed by atoms with Crippen LogP contribution >= 0.6 is 22.6 Å². The van der Waals surface area contributed by atoms with Gasteiger partial charge < -0.3 is 0 Å². The lowest BCUT2D eigenvalue weighted by Crippen LogP contribution is -2.13. The molecule has 1 rings (SSSR count). The SMILES string of the molecule is N#C[C@H]1CC[C@H](CI)CC1. The Kier molecular flexibility index (Phi) is 3.47. The normalized spacial score (nSPS) is 33.2. The minimum absolute atomic E-state index is 0.374. The van der Waals surface area contributed by atoms with Gasteiger partial charge in [0.05, 0.1) is 6.07 Å². The van der Waals surface area contributed by atoms with Crippen LogP contribution in [-0.4, -0.2) is 4.43 Å². The molecule has 0 atom stereocenters. The van der Waals surface area contributed by atoms with Gasteiger partial charge in [-0.15, -0.1) is 0 Å². The third-order valence-electron chi connectivity index (χ3n) is 2.25. The highest BCUT2D eigenvalue weighted by Gasteiger charge is 2.19. The molecule has 0 aromatic rings. The molecule has 0 aromatic heterocycles. The number of hydrogen-bond acceptors (Lipinski definition) is 1. The van der Waals surface area contributed by atoms with E-state index in [4.69, 9.17) is 5.26 Å². The molecule has 1 fully saturated rings.